The summed E-state index contributed by atoms with van der Waals surface area (Å²) in [5, 5.41) is 10.0. The molecule has 124 valence electrons. The predicted octanol–water partition coefficient (Wildman–Crippen LogP) is 2.37. The van der Waals surface area contributed by atoms with Crippen molar-refractivity contribution >= 4 is 11.9 Å². The van der Waals surface area contributed by atoms with Crippen LogP contribution in [0.3, 0.4) is 0 Å². The van der Waals surface area contributed by atoms with Gasteiger partial charge in [-0.15, -0.1) is 0 Å². The Morgan fingerprint density at radius 2 is 2.27 bits per heavy atom. The van der Waals surface area contributed by atoms with Crippen molar-refractivity contribution in [3.8, 4) is 0 Å². The number of hydrogen-bond acceptors (Lipinski definition) is 5. The summed E-state index contributed by atoms with van der Waals surface area (Å²) in [5.41, 5.74) is 0. The van der Waals surface area contributed by atoms with Crippen LogP contribution in [-0.2, 0) is 19.1 Å². The Hall–Kier alpha value is -1.36. The van der Waals surface area contributed by atoms with Gasteiger partial charge in [0.2, 0.25) is 0 Å². The molecule has 1 saturated carbocycles. The summed E-state index contributed by atoms with van der Waals surface area (Å²) < 4.78 is 10.7. The van der Waals surface area contributed by atoms with Gasteiger partial charge in [0.1, 0.15) is 12.2 Å². The molecule has 1 saturated heterocycles. The van der Waals surface area contributed by atoms with Gasteiger partial charge in [-0.2, -0.15) is 0 Å². The van der Waals surface area contributed by atoms with E-state index < -0.39 is 6.10 Å². The number of aliphatic hydroxyl groups is 1. The second-order valence-corrected chi connectivity index (χ2v) is 6.31. The molecule has 0 aromatic rings. The zero-order valence-electron chi connectivity index (χ0n) is 13.4. The fourth-order valence-corrected chi connectivity index (χ4v) is 3.46. The van der Waals surface area contributed by atoms with E-state index in [-0.39, 0.29) is 36.0 Å². The third kappa shape index (κ3) is 4.32. The van der Waals surface area contributed by atoms with E-state index in [0.29, 0.717) is 12.8 Å². The zero-order chi connectivity index (χ0) is 16.1. The van der Waals surface area contributed by atoms with E-state index in [4.69, 9.17) is 9.47 Å². The van der Waals surface area contributed by atoms with E-state index in [1.807, 2.05) is 6.08 Å². The number of rotatable bonds is 7. The molecule has 5 nitrogen and oxygen atoms in total. The summed E-state index contributed by atoms with van der Waals surface area (Å²) in [4.78, 5) is 22.7. The maximum atomic E-state index is 11.4. The van der Waals surface area contributed by atoms with Gasteiger partial charge in [-0.1, -0.05) is 38.3 Å². The van der Waals surface area contributed by atoms with E-state index in [2.05, 4.69) is 6.92 Å². The second-order valence-electron chi connectivity index (χ2n) is 6.31. The predicted molar refractivity (Wildman–Crippen MR) is 80.9 cm³/mol. The van der Waals surface area contributed by atoms with E-state index >= 15 is 0 Å². The second kappa shape index (κ2) is 7.77. The topological polar surface area (TPSA) is 72.8 Å². The molecule has 0 radical (unpaired) electrons. The highest BCUT2D eigenvalue weighted by Crippen LogP contribution is 2.43. The molecule has 1 heterocycles. The van der Waals surface area contributed by atoms with Crippen LogP contribution in [0.2, 0.25) is 0 Å². The Bertz CT molecular complexity index is 431. The van der Waals surface area contributed by atoms with Crippen LogP contribution >= 0.6 is 0 Å². The Kier molecular flexibility index (Phi) is 6.00. The van der Waals surface area contributed by atoms with Crippen molar-refractivity contribution < 1.29 is 24.2 Å². The zero-order valence-corrected chi connectivity index (χ0v) is 13.4. The van der Waals surface area contributed by atoms with Gasteiger partial charge < -0.3 is 14.6 Å². The van der Waals surface area contributed by atoms with Crippen molar-refractivity contribution in [2.45, 2.75) is 70.7 Å². The number of carbonyl (C=O) groups is 2. The first-order valence-electron chi connectivity index (χ1n) is 8.24. The number of carbonyl (C=O) groups excluding carboxylic acids is 2. The van der Waals surface area contributed by atoms with Crippen molar-refractivity contribution in [1.82, 2.24) is 0 Å². The molecule has 0 aromatic heterocycles. The minimum absolute atomic E-state index is 0.0518. The summed E-state index contributed by atoms with van der Waals surface area (Å²) in [6.45, 7) is 3.52. The van der Waals surface area contributed by atoms with E-state index in [1.165, 1.54) is 6.92 Å². The lowest BCUT2D eigenvalue weighted by atomic mass is 9.91. The van der Waals surface area contributed by atoms with Gasteiger partial charge in [-0.3, -0.25) is 9.59 Å². The number of ether oxygens (including phenoxy) is 2. The van der Waals surface area contributed by atoms with E-state index in [0.717, 1.165) is 25.7 Å². The van der Waals surface area contributed by atoms with Crippen molar-refractivity contribution in [1.29, 1.82) is 0 Å². The molecule has 22 heavy (non-hydrogen) atoms. The lowest BCUT2D eigenvalue weighted by Gasteiger charge is -2.19. The number of esters is 2. The Balaban J connectivity index is 1.97. The molecule has 5 heteroatoms. The first kappa shape index (κ1) is 17.0. The molecule has 1 aliphatic heterocycles. The number of unbranched alkanes of at least 4 members (excludes halogenated alkanes) is 2. The summed E-state index contributed by atoms with van der Waals surface area (Å²) in [6.07, 6.45) is 7.66. The van der Waals surface area contributed by atoms with Crippen molar-refractivity contribution in [2.75, 3.05) is 0 Å². The molecule has 5 unspecified atom stereocenters. The number of aliphatic hydroxyl groups excluding tert-OH is 1. The quantitative estimate of drug-likeness (QED) is 0.444. The molecule has 0 bridgehead atoms. The van der Waals surface area contributed by atoms with Gasteiger partial charge in [-0.05, 0) is 6.42 Å². The summed E-state index contributed by atoms with van der Waals surface area (Å²) in [5.74, 6) is -0.506. The third-order valence-corrected chi connectivity index (χ3v) is 4.53. The highest BCUT2D eigenvalue weighted by atomic mass is 16.6. The molecular weight excluding hydrogens is 284 g/mol. The van der Waals surface area contributed by atoms with Gasteiger partial charge >= 0.3 is 11.9 Å². The largest absolute Gasteiger partial charge is 0.462 e. The van der Waals surface area contributed by atoms with Gasteiger partial charge in [0.25, 0.3) is 0 Å². The van der Waals surface area contributed by atoms with Crippen molar-refractivity contribution in [2.24, 2.45) is 11.8 Å². The van der Waals surface area contributed by atoms with Crippen LogP contribution in [0.25, 0.3) is 0 Å². The first-order chi connectivity index (χ1) is 10.5. The summed E-state index contributed by atoms with van der Waals surface area (Å²) in [7, 11) is 0. The average Bonchev–Trinajstić information content (AvgIpc) is 2.92. The van der Waals surface area contributed by atoms with Crippen LogP contribution in [0.4, 0.5) is 0 Å². The fourth-order valence-electron chi connectivity index (χ4n) is 3.46. The van der Waals surface area contributed by atoms with Crippen LogP contribution in [0.1, 0.15) is 52.4 Å². The number of hydrogen-bond donors (Lipinski definition) is 1. The summed E-state index contributed by atoms with van der Waals surface area (Å²) >= 11 is 0. The molecule has 0 aromatic carbocycles. The Labute approximate surface area is 131 Å². The van der Waals surface area contributed by atoms with E-state index in [9.17, 15) is 14.7 Å². The fraction of sp³-hybridized carbons (Fsp3) is 0.765. The maximum absolute atomic E-state index is 11.4. The molecule has 2 aliphatic rings. The van der Waals surface area contributed by atoms with E-state index in [1.54, 1.807) is 6.08 Å². The highest BCUT2D eigenvalue weighted by molar-refractivity contribution is 5.72. The standard InChI is InChI=1S/C17H26O5/c1-3-4-5-6-12(19)7-8-13-14-9-17(20)22-16(14)10-15(13)21-11(2)18/h7-8,12-16,19H,3-6,9-10H2,1-2H3/b8-7+. The molecule has 0 amide bonds. The lowest BCUT2D eigenvalue weighted by Crippen LogP contribution is -2.23. The molecule has 2 rings (SSSR count). The van der Waals surface area contributed by atoms with Crippen LogP contribution in [0.5, 0.6) is 0 Å². The molecule has 0 spiro atoms. The third-order valence-electron chi connectivity index (χ3n) is 4.53. The van der Waals surface area contributed by atoms with Crippen LogP contribution in [-0.4, -0.2) is 35.4 Å². The monoisotopic (exact) mass is 310 g/mol. The molecular formula is C17H26O5. The Morgan fingerprint density at radius 3 is 2.95 bits per heavy atom. The van der Waals surface area contributed by atoms with Crippen molar-refractivity contribution in [3.05, 3.63) is 12.2 Å². The smallest absolute Gasteiger partial charge is 0.306 e. The van der Waals surface area contributed by atoms with Gasteiger partial charge in [0.05, 0.1) is 12.5 Å². The number of fused-ring (bicyclic) bond motifs is 1. The van der Waals surface area contributed by atoms with Crippen LogP contribution < -0.4 is 0 Å². The minimum atomic E-state index is -0.485. The maximum Gasteiger partial charge on any atom is 0.306 e. The Morgan fingerprint density at radius 1 is 1.50 bits per heavy atom. The van der Waals surface area contributed by atoms with Gasteiger partial charge in [-0.25, -0.2) is 0 Å². The molecule has 2 fully saturated rings. The SMILES string of the molecule is CCCCCC(O)/C=C/C1C(OC(C)=O)CC2OC(=O)CC21. The van der Waals surface area contributed by atoms with Crippen LogP contribution in [0.15, 0.2) is 12.2 Å². The van der Waals surface area contributed by atoms with Gasteiger partial charge in [0.15, 0.2) is 0 Å². The average molecular weight is 310 g/mol. The minimum Gasteiger partial charge on any atom is -0.462 e. The normalized spacial score (nSPS) is 32.0. The molecule has 1 aliphatic carbocycles. The lowest BCUT2D eigenvalue weighted by molar-refractivity contribution is -0.149. The summed E-state index contributed by atoms with van der Waals surface area (Å²) in [6, 6.07) is 0. The molecule has 1 N–H and O–H groups in total. The van der Waals surface area contributed by atoms with Gasteiger partial charge in [0, 0.05) is 25.2 Å². The highest BCUT2D eigenvalue weighted by Gasteiger charge is 2.50. The van der Waals surface area contributed by atoms with Crippen molar-refractivity contribution in [3.63, 3.8) is 0 Å². The first-order valence-corrected chi connectivity index (χ1v) is 8.24. The molecule has 5 atom stereocenters. The van der Waals surface area contributed by atoms with Crippen LogP contribution in [0, 0.1) is 11.8 Å².